The van der Waals surface area contributed by atoms with Crippen LogP contribution in [-0.2, 0) is 4.79 Å². The van der Waals surface area contributed by atoms with E-state index in [4.69, 9.17) is 14.6 Å². The molecule has 21 heavy (non-hydrogen) atoms. The maximum atomic E-state index is 12.0. The average molecular weight is 296 g/mol. The topological polar surface area (TPSA) is 79.8 Å². The number of aliphatic hydroxyl groups is 1. The van der Waals surface area contributed by atoms with Crippen molar-refractivity contribution < 1.29 is 19.4 Å². The minimum atomic E-state index is -0.131. The molecule has 0 heterocycles. The molecule has 6 nitrogen and oxygen atoms in total. The number of rotatable bonds is 9. The van der Waals surface area contributed by atoms with E-state index in [1.165, 1.54) is 7.11 Å². The number of hydrogen-bond donors (Lipinski definition) is 3. The van der Waals surface area contributed by atoms with Crippen LogP contribution in [0.1, 0.15) is 13.8 Å². The third-order valence-corrected chi connectivity index (χ3v) is 2.93. The Labute approximate surface area is 125 Å². The van der Waals surface area contributed by atoms with Gasteiger partial charge in [-0.1, -0.05) is 13.8 Å². The highest BCUT2D eigenvalue weighted by molar-refractivity contribution is 5.92. The monoisotopic (exact) mass is 296 g/mol. The number of carbonyl (C=O) groups excluding carboxylic acids is 1. The van der Waals surface area contributed by atoms with Crippen molar-refractivity contribution in [1.82, 2.24) is 5.32 Å². The predicted octanol–water partition coefficient (Wildman–Crippen LogP) is 1.25. The van der Waals surface area contributed by atoms with Crippen molar-refractivity contribution in [2.45, 2.75) is 13.8 Å². The quantitative estimate of drug-likeness (QED) is 0.639. The summed E-state index contributed by atoms with van der Waals surface area (Å²) >= 11 is 0. The van der Waals surface area contributed by atoms with Gasteiger partial charge in [-0.3, -0.25) is 4.79 Å². The van der Waals surface area contributed by atoms with E-state index >= 15 is 0 Å². The fraction of sp³-hybridized carbons (Fsp3) is 0.533. The smallest absolute Gasteiger partial charge is 0.228 e. The summed E-state index contributed by atoms with van der Waals surface area (Å²) in [6.45, 7) is 5.42. The zero-order valence-electron chi connectivity index (χ0n) is 12.8. The molecular weight excluding hydrogens is 272 g/mol. The molecule has 0 aromatic heterocycles. The highest BCUT2D eigenvalue weighted by Crippen LogP contribution is 2.30. The van der Waals surface area contributed by atoms with Crippen LogP contribution in [0.3, 0.4) is 0 Å². The second kappa shape index (κ2) is 9.20. The summed E-state index contributed by atoms with van der Waals surface area (Å²) in [5, 5.41) is 14.8. The fourth-order valence-electron chi connectivity index (χ4n) is 1.74. The molecular formula is C15H24N2O4. The van der Waals surface area contributed by atoms with Gasteiger partial charge in [0.25, 0.3) is 0 Å². The van der Waals surface area contributed by atoms with Gasteiger partial charge in [0.05, 0.1) is 13.7 Å². The molecule has 0 radical (unpaired) electrons. The molecule has 6 heteroatoms. The largest absolute Gasteiger partial charge is 0.493 e. The first-order valence-electron chi connectivity index (χ1n) is 7.05. The lowest BCUT2D eigenvalue weighted by Gasteiger charge is -2.15. The molecule has 1 atom stereocenters. The fourth-order valence-corrected chi connectivity index (χ4v) is 1.74. The molecule has 3 N–H and O–H groups in total. The summed E-state index contributed by atoms with van der Waals surface area (Å²) in [6.07, 6.45) is 0. The number of anilines is 1. The maximum Gasteiger partial charge on any atom is 0.228 e. The van der Waals surface area contributed by atoms with Crippen molar-refractivity contribution in [2.24, 2.45) is 5.92 Å². The zero-order chi connectivity index (χ0) is 15.7. The van der Waals surface area contributed by atoms with Crippen molar-refractivity contribution in [2.75, 3.05) is 38.7 Å². The van der Waals surface area contributed by atoms with E-state index in [1.54, 1.807) is 18.2 Å². The second-order valence-electron chi connectivity index (χ2n) is 4.64. The van der Waals surface area contributed by atoms with Crippen LogP contribution in [0.4, 0.5) is 5.69 Å². The highest BCUT2D eigenvalue weighted by Gasteiger charge is 2.13. The number of nitrogens with one attached hydrogen (secondary N) is 2. The molecule has 1 rings (SSSR count). The number of carbonyl (C=O) groups is 1. The van der Waals surface area contributed by atoms with Gasteiger partial charge < -0.3 is 25.2 Å². The minimum absolute atomic E-state index is 0.0609. The molecule has 0 aliphatic heterocycles. The van der Waals surface area contributed by atoms with Crippen molar-refractivity contribution >= 4 is 11.6 Å². The molecule has 0 spiro atoms. The van der Waals surface area contributed by atoms with Crippen LogP contribution in [0, 0.1) is 5.92 Å². The number of benzene rings is 1. The third kappa shape index (κ3) is 5.61. The van der Waals surface area contributed by atoms with Crippen molar-refractivity contribution in [1.29, 1.82) is 0 Å². The Morgan fingerprint density at radius 2 is 2.14 bits per heavy atom. The van der Waals surface area contributed by atoms with Crippen molar-refractivity contribution in [3.8, 4) is 11.5 Å². The SMILES string of the molecule is CCNCC(C)C(=O)Nc1ccc(OC)c(OCCO)c1. The average Bonchev–Trinajstić information content (AvgIpc) is 2.50. The number of amides is 1. The molecule has 0 saturated carbocycles. The van der Waals surface area contributed by atoms with Crippen molar-refractivity contribution in [3.63, 3.8) is 0 Å². The van der Waals surface area contributed by atoms with Crippen LogP contribution in [0.2, 0.25) is 0 Å². The molecule has 0 aliphatic carbocycles. The Balaban J connectivity index is 2.72. The van der Waals surface area contributed by atoms with E-state index in [-0.39, 0.29) is 25.0 Å². The van der Waals surface area contributed by atoms with E-state index in [2.05, 4.69) is 10.6 Å². The lowest BCUT2D eigenvalue weighted by atomic mass is 10.1. The van der Waals surface area contributed by atoms with Crippen molar-refractivity contribution in [3.05, 3.63) is 18.2 Å². The predicted molar refractivity (Wildman–Crippen MR) is 81.9 cm³/mol. The molecule has 1 aromatic rings. The first-order chi connectivity index (χ1) is 10.1. The van der Waals surface area contributed by atoms with Gasteiger partial charge in [-0.2, -0.15) is 0 Å². The summed E-state index contributed by atoms with van der Waals surface area (Å²) in [4.78, 5) is 12.0. The summed E-state index contributed by atoms with van der Waals surface area (Å²) in [7, 11) is 1.54. The lowest BCUT2D eigenvalue weighted by molar-refractivity contribution is -0.119. The third-order valence-electron chi connectivity index (χ3n) is 2.93. The first-order valence-corrected chi connectivity index (χ1v) is 7.05. The van der Waals surface area contributed by atoms with E-state index in [9.17, 15) is 4.79 Å². The maximum absolute atomic E-state index is 12.0. The molecule has 0 bridgehead atoms. The number of hydrogen-bond acceptors (Lipinski definition) is 5. The Kier molecular flexibility index (Phi) is 7.56. The molecule has 1 amide bonds. The standard InChI is InChI=1S/C15H24N2O4/c1-4-16-10-11(2)15(19)17-12-5-6-13(20-3)14(9-12)21-8-7-18/h5-6,9,11,16,18H,4,7-8,10H2,1-3H3,(H,17,19). The van der Waals surface area contributed by atoms with E-state index in [1.807, 2.05) is 13.8 Å². The van der Waals surface area contributed by atoms with Crippen LogP contribution >= 0.6 is 0 Å². The number of aliphatic hydroxyl groups excluding tert-OH is 1. The summed E-state index contributed by atoms with van der Waals surface area (Å²) < 4.78 is 10.6. The van der Waals surface area contributed by atoms with Gasteiger partial charge in [-0.15, -0.1) is 0 Å². The number of methoxy groups -OCH3 is 1. The molecule has 118 valence electrons. The molecule has 0 saturated heterocycles. The van der Waals surface area contributed by atoms with Crippen LogP contribution in [0.5, 0.6) is 11.5 Å². The van der Waals surface area contributed by atoms with E-state index < -0.39 is 0 Å². The summed E-state index contributed by atoms with van der Waals surface area (Å²) in [5.41, 5.74) is 0.636. The van der Waals surface area contributed by atoms with Gasteiger partial charge in [0.2, 0.25) is 5.91 Å². The second-order valence-corrected chi connectivity index (χ2v) is 4.64. The Morgan fingerprint density at radius 1 is 1.38 bits per heavy atom. The van der Waals surface area contributed by atoms with Gasteiger partial charge in [-0.05, 0) is 18.7 Å². The van der Waals surface area contributed by atoms with Crippen LogP contribution in [-0.4, -0.2) is 44.4 Å². The van der Waals surface area contributed by atoms with Gasteiger partial charge in [0.1, 0.15) is 6.61 Å². The number of ether oxygens (including phenoxy) is 2. The zero-order valence-corrected chi connectivity index (χ0v) is 12.8. The van der Waals surface area contributed by atoms with E-state index in [0.717, 1.165) is 6.54 Å². The summed E-state index contributed by atoms with van der Waals surface area (Å²) in [5.74, 6) is 0.855. The normalized spacial score (nSPS) is 11.8. The Bertz CT molecular complexity index is 451. The van der Waals surface area contributed by atoms with Crippen LogP contribution < -0.4 is 20.1 Å². The molecule has 0 aliphatic rings. The molecule has 0 fully saturated rings. The Hall–Kier alpha value is -1.79. The van der Waals surface area contributed by atoms with E-state index in [0.29, 0.717) is 23.7 Å². The van der Waals surface area contributed by atoms with Gasteiger partial charge in [0.15, 0.2) is 11.5 Å². The first kappa shape index (κ1) is 17.3. The highest BCUT2D eigenvalue weighted by atomic mass is 16.5. The van der Waals surface area contributed by atoms with Gasteiger partial charge in [-0.25, -0.2) is 0 Å². The lowest BCUT2D eigenvalue weighted by Crippen LogP contribution is -2.30. The van der Waals surface area contributed by atoms with Gasteiger partial charge >= 0.3 is 0 Å². The Morgan fingerprint density at radius 3 is 2.76 bits per heavy atom. The van der Waals surface area contributed by atoms with Crippen LogP contribution in [0.25, 0.3) is 0 Å². The van der Waals surface area contributed by atoms with Gasteiger partial charge in [0, 0.05) is 24.2 Å². The van der Waals surface area contributed by atoms with Crippen LogP contribution in [0.15, 0.2) is 18.2 Å². The molecule has 1 aromatic carbocycles. The summed E-state index contributed by atoms with van der Waals surface area (Å²) in [6, 6.07) is 5.16. The minimum Gasteiger partial charge on any atom is -0.493 e. The molecule has 1 unspecified atom stereocenters.